The molecule has 0 aliphatic carbocycles. The number of nitrogens with one attached hydrogen (secondary N) is 2. The molecule has 7 heteroatoms. The molecule has 0 aliphatic rings. The van der Waals surface area contributed by atoms with Crippen LogP contribution in [0, 0.1) is 12.8 Å². The number of aryl methyl sites for hydroxylation is 1. The van der Waals surface area contributed by atoms with E-state index in [2.05, 4.69) is 4.72 Å². The second-order valence-electron chi connectivity index (χ2n) is 4.81. The van der Waals surface area contributed by atoms with Crippen molar-refractivity contribution in [1.29, 1.82) is 0 Å². The Labute approximate surface area is 119 Å². The lowest BCUT2D eigenvalue weighted by atomic mass is 10.00. The normalized spacial score (nSPS) is 14.6. The molecular formula is C13H21N3O3S. The average Bonchev–Trinajstić information content (AvgIpc) is 2.43. The molecule has 0 fully saturated rings. The Morgan fingerprint density at radius 2 is 1.85 bits per heavy atom. The zero-order valence-corrected chi connectivity index (χ0v) is 12.7. The number of carbonyl (C=O) groups excluding carboxylic acids is 1. The second-order valence-corrected chi connectivity index (χ2v) is 6.52. The zero-order valence-electron chi connectivity index (χ0n) is 11.9. The Bertz CT molecular complexity index is 555. The van der Waals surface area contributed by atoms with Crippen LogP contribution in [0.2, 0.25) is 0 Å². The molecule has 1 rings (SSSR count). The van der Waals surface area contributed by atoms with Crippen molar-refractivity contribution < 1.29 is 13.2 Å². The van der Waals surface area contributed by atoms with Gasteiger partial charge in [-0.3, -0.25) is 10.2 Å². The number of nitrogens with two attached hydrogens (primary N) is 1. The van der Waals surface area contributed by atoms with Gasteiger partial charge in [-0.2, -0.15) is 4.72 Å². The van der Waals surface area contributed by atoms with Gasteiger partial charge >= 0.3 is 0 Å². The monoisotopic (exact) mass is 299 g/mol. The number of sulfonamides is 1. The highest BCUT2D eigenvalue weighted by molar-refractivity contribution is 7.89. The van der Waals surface area contributed by atoms with E-state index in [1.165, 1.54) is 12.1 Å². The van der Waals surface area contributed by atoms with Crippen LogP contribution in [-0.2, 0) is 14.8 Å². The minimum Gasteiger partial charge on any atom is -0.293 e. The summed E-state index contributed by atoms with van der Waals surface area (Å²) in [5.41, 5.74) is 2.96. The Hall–Kier alpha value is -1.44. The van der Waals surface area contributed by atoms with Crippen molar-refractivity contribution in [2.45, 2.75) is 38.1 Å². The molecule has 0 saturated heterocycles. The van der Waals surface area contributed by atoms with E-state index in [0.29, 0.717) is 6.42 Å². The highest BCUT2D eigenvalue weighted by Crippen LogP contribution is 2.14. The van der Waals surface area contributed by atoms with Gasteiger partial charge in [-0.25, -0.2) is 14.3 Å². The van der Waals surface area contributed by atoms with Gasteiger partial charge < -0.3 is 0 Å². The number of amides is 1. The molecule has 0 bridgehead atoms. The SMILES string of the molecule is CCC(C)C(NS(=O)(=O)c1ccc(C)cc1)C(=O)NN. The lowest BCUT2D eigenvalue weighted by Gasteiger charge is -2.22. The Morgan fingerprint density at radius 1 is 1.30 bits per heavy atom. The van der Waals surface area contributed by atoms with Crippen LogP contribution in [0.3, 0.4) is 0 Å². The fourth-order valence-corrected chi connectivity index (χ4v) is 3.01. The van der Waals surface area contributed by atoms with Gasteiger partial charge in [0, 0.05) is 0 Å². The molecule has 0 aromatic heterocycles. The van der Waals surface area contributed by atoms with Crippen LogP contribution in [0.4, 0.5) is 0 Å². The highest BCUT2D eigenvalue weighted by atomic mass is 32.2. The van der Waals surface area contributed by atoms with E-state index >= 15 is 0 Å². The van der Waals surface area contributed by atoms with E-state index in [9.17, 15) is 13.2 Å². The van der Waals surface area contributed by atoms with Crippen molar-refractivity contribution in [3.05, 3.63) is 29.8 Å². The zero-order chi connectivity index (χ0) is 15.3. The number of carbonyl (C=O) groups is 1. The first kappa shape index (κ1) is 16.6. The molecule has 0 spiro atoms. The van der Waals surface area contributed by atoms with E-state index in [4.69, 9.17) is 5.84 Å². The van der Waals surface area contributed by atoms with Crippen LogP contribution >= 0.6 is 0 Å². The summed E-state index contributed by atoms with van der Waals surface area (Å²) in [5.74, 6) is 4.39. The maximum Gasteiger partial charge on any atom is 0.252 e. The maximum absolute atomic E-state index is 12.3. The average molecular weight is 299 g/mol. The minimum atomic E-state index is -3.75. The topological polar surface area (TPSA) is 101 Å². The molecule has 0 aliphatic heterocycles. The second kappa shape index (κ2) is 6.83. The summed E-state index contributed by atoms with van der Waals surface area (Å²) in [6, 6.07) is 5.53. The predicted molar refractivity (Wildman–Crippen MR) is 77.1 cm³/mol. The third-order valence-corrected chi connectivity index (χ3v) is 4.71. The first-order chi connectivity index (χ1) is 9.31. The first-order valence-corrected chi connectivity index (χ1v) is 7.89. The number of benzene rings is 1. The van der Waals surface area contributed by atoms with Crippen molar-refractivity contribution in [3.8, 4) is 0 Å². The Morgan fingerprint density at radius 3 is 2.30 bits per heavy atom. The highest BCUT2D eigenvalue weighted by Gasteiger charge is 2.29. The predicted octanol–water partition coefficient (Wildman–Crippen LogP) is 0.678. The van der Waals surface area contributed by atoms with Crippen molar-refractivity contribution in [2.75, 3.05) is 0 Å². The van der Waals surface area contributed by atoms with Gasteiger partial charge in [0.25, 0.3) is 5.91 Å². The van der Waals surface area contributed by atoms with Crippen LogP contribution in [-0.4, -0.2) is 20.4 Å². The van der Waals surface area contributed by atoms with Crippen LogP contribution in [0.1, 0.15) is 25.8 Å². The molecule has 20 heavy (non-hydrogen) atoms. The molecule has 2 atom stereocenters. The summed E-state index contributed by atoms with van der Waals surface area (Å²) in [4.78, 5) is 11.8. The Balaban J connectivity index is 3.02. The van der Waals surface area contributed by atoms with Crippen molar-refractivity contribution in [2.24, 2.45) is 11.8 Å². The number of hydrogen-bond donors (Lipinski definition) is 3. The van der Waals surface area contributed by atoms with Crippen molar-refractivity contribution in [3.63, 3.8) is 0 Å². The van der Waals surface area contributed by atoms with E-state index in [0.717, 1.165) is 5.56 Å². The summed E-state index contributed by atoms with van der Waals surface area (Å²) < 4.78 is 26.9. The molecule has 112 valence electrons. The van der Waals surface area contributed by atoms with Crippen molar-refractivity contribution >= 4 is 15.9 Å². The maximum atomic E-state index is 12.3. The lowest BCUT2D eigenvalue weighted by molar-refractivity contribution is -0.123. The van der Waals surface area contributed by atoms with E-state index < -0.39 is 22.0 Å². The summed E-state index contributed by atoms with van der Waals surface area (Å²) >= 11 is 0. The van der Waals surface area contributed by atoms with Gasteiger partial charge in [0.15, 0.2) is 0 Å². The molecule has 0 saturated carbocycles. The molecule has 6 nitrogen and oxygen atoms in total. The molecule has 1 aromatic carbocycles. The van der Waals surface area contributed by atoms with Gasteiger partial charge in [-0.15, -0.1) is 0 Å². The van der Waals surface area contributed by atoms with E-state index in [1.807, 2.05) is 19.3 Å². The van der Waals surface area contributed by atoms with Crippen molar-refractivity contribution in [1.82, 2.24) is 10.1 Å². The van der Waals surface area contributed by atoms with Crippen LogP contribution < -0.4 is 16.0 Å². The molecule has 2 unspecified atom stereocenters. The number of hydrazine groups is 1. The molecule has 0 radical (unpaired) electrons. The quantitative estimate of drug-likeness (QED) is 0.408. The van der Waals surface area contributed by atoms with Gasteiger partial charge in [0.05, 0.1) is 4.90 Å². The number of rotatable bonds is 6. The van der Waals surface area contributed by atoms with E-state index in [-0.39, 0.29) is 10.8 Å². The third-order valence-electron chi connectivity index (χ3n) is 3.25. The smallest absolute Gasteiger partial charge is 0.252 e. The minimum absolute atomic E-state index is 0.126. The summed E-state index contributed by atoms with van der Waals surface area (Å²) in [5, 5.41) is 0. The fraction of sp³-hybridized carbons (Fsp3) is 0.462. The van der Waals surface area contributed by atoms with Gasteiger partial charge in [-0.1, -0.05) is 38.0 Å². The standard InChI is InChI=1S/C13H21N3O3S/c1-4-10(3)12(13(17)15-14)16-20(18,19)11-7-5-9(2)6-8-11/h5-8,10,12,16H,4,14H2,1-3H3,(H,15,17). The fourth-order valence-electron chi connectivity index (χ4n) is 1.71. The summed E-state index contributed by atoms with van der Waals surface area (Å²) in [6.07, 6.45) is 0.647. The molecule has 0 heterocycles. The van der Waals surface area contributed by atoms with E-state index in [1.54, 1.807) is 19.1 Å². The summed E-state index contributed by atoms with van der Waals surface area (Å²) in [7, 11) is -3.75. The number of hydrogen-bond acceptors (Lipinski definition) is 4. The molecular weight excluding hydrogens is 278 g/mol. The first-order valence-electron chi connectivity index (χ1n) is 6.41. The molecule has 1 amide bonds. The Kier molecular flexibility index (Phi) is 5.67. The molecule has 1 aromatic rings. The largest absolute Gasteiger partial charge is 0.293 e. The summed E-state index contributed by atoms with van der Waals surface area (Å²) in [6.45, 7) is 5.53. The lowest BCUT2D eigenvalue weighted by Crippen LogP contribution is -2.51. The third kappa shape index (κ3) is 4.03. The molecule has 4 N–H and O–H groups in total. The van der Waals surface area contributed by atoms with Gasteiger partial charge in [0.2, 0.25) is 10.0 Å². The van der Waals surface area contributed by atoms with Crippen LogP contribution in [0.25, 0.3) is 0 Å². The van der Waals surface area contributed by atoms with Gasteiger partial charge in [0.1, 0.15) is 6.04 Å². The van der Waals surface area contributed by atoms with Crippen LogP contribution in [0.5, 0.6) is 0 Å². The van der Waals surface area contributed by atoms with Gasteiger partial charge in [-0.05, 0) is 25.0 Å². The van der Waals surface area contributed by atoms with Crippen LogP contribution in [0.15, 0.2) is 29.2 Å².